The molecule has 0 heterocycles. The van der Waals surface area contributed by atoms with Gasteiger partial charge >= 0.3 is 22.7 Å². The highest BCUT2D eigenvalue weighted by Crippen LogP contribution is 2.29. The van der Waals surface area contributed by atoms with Crippen molar-refractivity contribution in [3.8, 4) is 0 Å². The van der Waals surface area contributed by atoms with E-state index in [1.807, 2.05) is 0 Å². The van der Waals surface area contributed by atoms with Crippen molar-refractivity contribution >= 4 is 53.8 Å². The Hall–Kier alpha value is -5.40. The Morgan fingerprint density at radius 1 is 0.619 bits per heavy atom. The van der Waals surface area contributed by atoms with Crippen molar-refractivity contribution in [2.45, 2.75) is 23.6 Å². The van der Waals surface area contributed by atoms with E-state index in [9.17, 15) is 46.2 Å². The highest BCUT2D eigenvalue weighted by atomic mass is 32.2. The van der Waals surface area contributed by atoms with Gasteiger partial charge in [0.2, 0.25) is 10.8 Å². The fourth-order valence-corrected chi connectivity index (χ4v) is 4.80. The lowest BCUT2D eigenvalue weighted by Gasteiger charge is -2.14. The summed E-state index contributed by atoms with van der Waals surface area (Å²) in [5.74, 6) is 0. The van der Waals surface area contributed by atoms with Crippen molar-refractivity contribution in [2.75, 3.05) is 0 Å². The molecule has 18 heteroatoms. The molecule has 4 rings (SSSR count). The van der Waals surface area contributed by atoms with Crippen LogP contribution in [0.15, 0.2) is 82.6 Å². The maximum Gasteiger partial charge on any atom is 0.461 e. The molecular weight excluding hydrogens is 596 g/mol. The lowest BCUT2D eigenvalue weighted by Crippen LogP contribution is -2.03. The number of aryl methyl sites for hydroxylation is 2. The summed E-state index contributed by atoms with van der Waals surface area (Å²) in [5, 5.41) is 37.3. The van der Waals surface area contributed by atoms with E-state index in [2.05, 4.69) is 9.95 Å². The normalized spacial score (nSPS) is 10.6. The highest BCUT2D eigenvalue weighted by Gasteiger charge is 2.24. The second kappa shape index (κ2) is 13.3. The van der Waals surface area contributed by atoms with Crippen molar-refractivity contribution < 1.29 is 35.8 Å². The largest absolute Gasteiger partial charge is 0.744 e. The number of fused-ring (bicyclic) bond motifs is 1. The lowest BCUT2D eigenvalue weighted by atomic mass is 10.1. The summed E-state index contributed by atoms with van der Waals surface area (Å²) < 4.78 is 66.1. The summed E-state index contributed by atoms with van der Waals surface area (Å²) in [6, 6.07) is 15.9. The van der Waals surface area contributed by atoms with Crippen LogP contribution in [-0.4, -0.2) is 35.8 Å². The molecule has 0 fully saturated rings. The zero-order valence-electron chi connectivity index (χ0n) is 21.5. The summed E-state index contributed by atoms with van der Waals surface area (Å²) >= 11 is 0. The number of benzene rings is 4. The van der Waals surface area contributed by atoms with Crippen molar-refractivity contribution in [3.05, 3.63) is 114 Å². The Morgan fingerprint density at radius 3 is 1.21 bits per heavy atom. The fourth-order valence-electron chi connectivity index (χ4n) is 3.42. The second-order valence-corrected chi connectivity index (χ2v) is 10.9. The molecule has 4 aromatic rings. The van der Waals surface area contributed by atoms with E-state index in [4.69, 9.17) is 10.8 Å². The fraction of sp³-hybridized carbons (Fsp3) is 0.0833. The van der Waals surface area contributed by atoms with Gasteiger partial charge in [-0.1, -0.05) is 36.4 Å². The van der Waals surface area contributed by atoms with E-state index in [-0.39, 0.29) is 33.5 Å². The molecule has 0 spiro atoms. The van der Waals surface area contributed by atoms with Crippen molar-refractivity contribution in [2.24, 2.45) is 0 Å². The van der Waals surface area contributed by atoms with Crippen LogP contribution >= 0.6 is 0 Å². The van der Waals surface area contributed by atoms with Crippen LogP contribution in [0.1, 0.15) is 11.1 Å². The first-order valence-corrected chi connectivity index (χ1v) is 14.0. The Bertz CT molecular complexity index is 1860. The molecule has 0 aliphatic heterocycles. The van der Waals surface area contributed by atoms with Gasteiger partial charge in [0.25, 0.3) is 0 Å². The summed E-state index contributed by atoms with van der Waals surface area (Å²) in [6.07, 6.45) is 0. The molecule has 0 bridgehead atoms. The van der Waals surface area contributed by atoms with E-state index in [0.29, 0.717) is 0 Å². The minimum Gasteiger partial charge on any atom is -0.744 e. The Kier molecular flexibility index (Phi) is 10.4. The molecule has 0 saturated heterocycles. The predicted octanol–water partition coefficient (Wildman–Crippen LogP) is 5.42. The molecule has 216 valence electrons. The summed E-state index contributed by atoms with van der Waals surface area (Å²) in [4.78, 5) is 24.1. The monoisotopic (exact) mass is 614 g/mol. The molecule has 0 aromatic heterocycles. The number of hydrogen-bond acceptors (Lipinski definition) is 12. The number of rotatable bonds is 4. The third kappa shape index (κ3) is 8.30. The Balaban J connectivity index is 0.000000228. The van der Waals surface area contributed by atoms with E-state index in [1.54, 1.807) is 26.0 Å². The summed E-state index contributed by atoms with van der Waals surface area (Å²) in [5.41, 5.74) is 1.11. The van der Waals surface area contributed by atoms with Gasteiger partial charge in [-0.2, -0.15) is 0 Å². The van der Waals surface area contributed by atoms with Crippen LogP contribution in [0, 0.1) is 44.9 Å². The van der Waals surface area contributed by atoms with Crippen molar-refractivity contribution in [3.63, 3.8) is 0 Å². The first-order valence-electron chi connectivity index (χ1n) is 11.1. The zero-order valence-corrected chi connectivity index (χ0v) is 23.1. The van der Waals surface area contributed by atoms with E-state index >= 15 is 0 Å². The summed E-state index contributed by atoms with van der Waals surface area (Å²) in [7, 11) is -9.48. The smallest absolute Gasteiger partial charge is 0.461 e. The molecular formula is C24H18N6O10S2. The van der Waals surface area contributed by atoms with Crippen LogP contribution in [0.3, 0.4) is 0 Å². The van der Waals surface area contributed by atoms with Crippen LogP contribution in [-0.2, 0) is 20.2 Å². The van der Waals surface area contributed by atoms with E-state index < -0.39 is 39.9 Å². The molecule has 42 heavy (non-hydrogen) atoms. The van der Waals surface area contributed by atoms with Gasteiger partial charge < -0.3 is 9.11 Å². The van der Waals surface area contributed by atoms with Gasteiger partial charge in [-0.15, -0.1) is 0 Å². The van der Waals surface area contributed by atoms with E-state index in [0.717, 1.165) is 23.3 Å². The van der Waals surface area contributed by atoms with E-state index in [1.165, 1.54) is 48.5 Å². The maximum absolute atomic E-state index is 11.0. The molecule has 0 amide bonds. The van der Waals surface area contributed by atoms with Gasteiger partial charge in [-0.25, -0.2) is 16.8 Å². The minimum absolute atomic E-state index is 0.0226. The maximum atomic E-state index is 11.0. The van der Waals surface area contributed by atoms with Crippen molar-refractivity contribution in [1.82, 2.24) is 0 Å². The SMILES string of the molecule is Cc1ccc([N+]#N)c([N+](=O)[O-])c1.Cc1ccc([N+]#N)c([N+](=O)[O-])c1.O=S(=O)([O-])c1cccc2c(S(=O)(=O)[O-])cccc12. The number of nitrogens with zero attached hydrogens (tertiary/aromatic N) is 6. The zero-order chi connectivity index (χ0) is 31.8. The number of hydrogen-bond donors (Lipinski definition) is 0. The number of nitro groups is 2. The third-order valence-electron chi connectivity index (χ3n) is 5.25. The topological polar surface area (TPSA) is 257 Å². The molecule has 4 aromatic carbocycles. The van der Waals surface area contributed by atoms with Crippen molar-refractivity contribution in [1.29, 1.82) is 10.8 Å². The molecule has 0 aliphatic carbocycles. The first-order chi connectivity index (χ1) is 19.5. The molecule has 0 radical (unpaired) electrons. The average molecular weight is 615 g/mol. The van der Waals surface area contributed by atoms with Gasteiger partial charge in [-0.3, -0.25) is 20.2 Å². The van der Waals surface area contributed by atoms with Gasteiger partial charge in [0.1, 0.15) is 20.2 Å². The second-order valence-electron chi connectivity index (χ2n) is 8.21. The third-order valence-corrected chi connectivity index (χ3v) is 7.04. The predicted molar refractivity (Wildman–Crippen MR) is 145 cm³/mol. The summed E-state index contributed by atoms with van der Waals surface area (Å²) in [6.45, 7) is 3.46. The molecule has 16 nitrogen and oxygen atoms in total. The van der Waals surface area contributed by atoms with Crippen LogP contribution in [0.2, 0.25) is 0 Å². The Morgan fingerprint density at radius 2 is 0.952 bits per heavy atom. The molecule has 0 saturated carbocycles. The molecule has 0 unspecified atom stereocenters. The van der Waals surface area contributed by atoms with Crippen LogP contribution < -0.4 is 0 Å². The quantitative estimate of drug-likeness (QED) is 0.121. The first kappa shape index (κ1) is 32.8. The standard InChI is InChI=1S/C10H8O6S2.2C7H6N3O2/c11-17(12,13)9-5-1-3-7-8(9)4-2-6-10(7)18(14,15)16;2*1-5-2-3-6(9-8)7(4-5)10(11)12/h1-6H,(H,11,12,13)(H,14,15,16);2*2-4H,1H3/q;2*+1/p-2. The van der Waals surface area contributed by atoms with Gasteiger partial charge in [0, 0.05) is 35.0 Å². The van der Waals surface area contributed by atoms with Crippen LogP contribution in [0.25, 0.3) is 20.7 Å². The van der Waals surface area contributed by atoms with Gasteiger partial charge in [0.15, 0.2) is 9.95 Å². The van der Waals surface area contributed by atoms with Crippen LogP contribution in [0.4, 0.5) is 22.7 Å². The van der Waals surface area contributed by atoms with Gasteiger partial charge in [0.05, 0.1) is 19.6 Å². The lowest BCUT2D eigenvalue weighted by molar-refractivity contribution is -0.384. The Labute approximate surface area is 237 Å². The molecule has 0 aliphatic rings. The molecule has 0 N–H and O–H groups in total. The average Bonchev–Trinajstić information content (AvgIpc) is 2.92. The van der Waals surface area contributed by atoms with Crippen LogP contribution in [0.5, 0.6) is 0 Å². The number of diazo groups is 2. The number of nitro benzene ring substituents is 2. The highest BCUT2D eigenvalue weighted by molar-refractivity contribution is 7.86. The van der Waals surface area contributed by atoms with Gasteiger partial charge in [-0.05, 0) is 37.1 Å². The molecule has 0 atom stereocenters. The minimum atomic E-state index is -4.74.